The lowest BCUT2D eigenvalue weighted by atomic mass is 9.99. The van der Waals surface area contributed by atoms with E-state index in [1.165, 1.54) is 17.5 Å². The van der Waals surface area contributed by atoms with E-state index in [4.69, 9.17) is 22.1 Å². The number of methoxy groups -OCH3 is 1. The fourth-order valence-corrected chi connectivity index (χ4v) is 4.99. The first-order valence-corrected chi connectivity index (χ1v) is 9.95. The van der Waals surface area contributed by atoms with Crippen LogP contribution in [0.5, 0.6) is 5.75 Å². The number of hydrogen-bond donors (Lipinski definition) is 2. The number of halogens is 2. The summed E-state index contributed by atoms with van der Waals surface area (Å²) in [6.45, 7) is 2.97. The Morgan fingerprint density at radius 3 is 2.77 bits per heavy atom. The predicted octanol–water partition coefficient (Wildman–Crippen LogP) is 1.55. The summed E-state index contributed by atoms with van der Waals surface area (Å²) >= 11 is 6.10. The number of piperidine rings is 1. The fourth-order valence-electron chi connectivity index (χ4n) is 2.92. The number of rotatable bonds is 6. The molecule has 1 unspecified atom stereocenters. The molecule has 0 aromatic heterocycles. The number of nitrogens with one attached hydrogen (secondary N) is 1. The summed E-state index contributed by atoms with van der Waals surface area (Å²) in [5, 5.41) is 2.96. The molecule has 0 saturated carbocycles. The lowest BCUT2D eigenvalue weighted by Gasteiger charge is -2.31. The third-order valence-corrected chi connectivity index (χ3v) is 6.57. The topological polar surface area (TPSA) is 102 Å². The Kier molecular flexibility index (Phi) is 8.62. The summed E-state index contributed by atoms with van der Waals surface area (Å²) in [5.74, 6) is -0.102. The third kappa shape index (κ3) is 5.01. The Morgan fingerprint density at radius 2 is 2.15 bits per heavy atom. The molecular formula is C16H25Cl2N3O4S. The summed E-state index contributed by atoms with van der Waals surface area (Å²) in [6.07, 6.45) is 1.29. The van der Waals surface area contributed by atoms with Crippen LogP contribution in [0, 0.1) is 12.8 Å². The molecule has 1 amide bonds. The maximum atomic E-state index is 13.0. The molecule has 0 spiro atoms. The van der Waals surface area contributed by atoms with E-state index in [0.717, 1.165) is 0 Å². The van der Waals surface area contributed by atoms with Crippen molar-refractivity contribution in [3.8, 4) is 5.75 Å². The highest BCUT2D eigenvalue weighted by molar-refractivity contribution is 7.89. The van der Waals surface area contributed by atoms with Gasteiger partial charge in [-0.25, -0.2) is 8.42 Å². The Bertz CT molecular complexity index is 743. The van der Waals surface area contributed by atoms with Crippen molar-refractivity contribution in [2.45, 2.75) is 24.7 Å². The number of aryl methyl sites for hydroxylation is 1. The molecule has 2 rings (SSSR count). The minimum absolute atomic E-state index is 0. The van der Waals surface area contributed by atoms with E-state index in [1.54, 1.807) is 13.0 Å². The standard InChI is InChI=1S/C16H24ClN3O4S.ClH/c1-11-8-14(24-2)13(17)9-15(11)25(22,23)20-7-3-4-12(10-20)16(21)19-6-5-18;/h8-9,12H,3-7,10,18H2,1-2H3,(H,19,21);1H. The third-order valence-electron chi connectivity index (χ3n) is 4.27. The number of benzene rings is 1. The van der Waals surface area contributed by atoms with Crippen molar-refractivity contribution in [3.05, 3.63) is 22.7 Å². The monoisotopic (exact) mass is 425 g/mol. The average Bonchev–Trinajstić information content (AvgIpc) is 2.61. The Morgan fingerprint density at radius 1 is 1.46 bits per heavy atom. The summed E-state index contributed by atoms with van der Waals surface area (Å²) < 4.78 is 32.5. The van der Waals surface area contributed by atoms with Gasteiger partial charge in [0.15, 0.2) is 0 Å². The van der Waals surface area contributed by atoms with Crippen molar-refractivity contribution in [2.75, 3.05) is 33.3 Å². The van der Waals surface area contributed by atoms with E-state index >= 15 is 0 Å². The molecule has 1 aromatic carbocycles. The van der Waals surface area contributed by atoms with Crippen molar-refractivity contribution < 1.29 is 17.9 Å². The first kappa shape index (κ1) is 23.0. The summed E-state index contributed by atoms with van der Waals surface area (Å²) in [5.41, 5.74) is 5.94. The Hall–Kier alpha value is -1.06. The molecule has 148 valence electrons. The predicted molar refractivity (Wildman–Crippen MR) is 104 cm³/mol. The molecule has 0 aliphatic carbocycles. The van der Waals surface area contributed by atoms with E-state index in [9.17, 15) is 13.2 Å². The van der Waals surface area contributed by atoms with Gasteiger partial charge in [-0.3, -0.25) is 4.79 Å². The highest BCUT2D eigenvalue weighted by atomic mass is 35.5. The Labute approximate surface area is 165 Å². The molecular weight excluding hydrogens is 401 g/mol. The lowest BCUT2D eigenvalue weighted by molar-refractivity contribution is -0.126. The van der Waals surface area contributed by atoms with Gasteiger partial charge in [-0.05, 0) is 37.5 Å². The van der Waals surface area contributed by atoms with Crippen LogP contribution in [0.1, 0.15) is 18.4 Å². The van der Waals surface area contributed by atoms with Crippen LogP contribution in [-0.4, -0.2) is 51.9 Å². The van der Waals surface area contributed by atoms with Crippen LogP contribution in [0.2, 0.25) is 5.02 Å². The Balaban J connectivity index is 0.00000338. The molecule has 0 radical (unpaired) electrons. The van der Waals surface area contributed by atoms with Crippen LogP contribution in [0.4, 0.5) is 0 Å². The SMILES string of the molecule is COc1cc(C)c(S(=O)(=O)N2CCCC(C(=O)NCCN)C2)cc1Cl.Cl. The lowest BCUT2D eigenvalue weighted by Crippen LogP contribution is -2.46. The molecule has 1 saturated heterocycles. The number of hydrogen-bond acceptors (Lipinski definition) is 5. The number of carbonyl (C=O) groups excluding carboxylic acids is 1. The molecule has 0 bridgehead atoms. The number of nitrogens with two attached hydrogens (primary N) is 1. The summed E-state index contributed by atoms with van der Waals surface area (Å²) in [6, 6.07) is 3.01. The van der Waals surface area contributed by atoms with Gasteiger partial charge < -0.3 is 15.8 Å². The van der Waals surface area contributed by atoms with Crippen LogP contribution in [-0.2, 0) is 14.8 Å². The van der Waals surface area contributed by atoms with Gasteiger partial charge >= 0.3 is 0 Å². The quantitative estimate of drug-likeness (QED) is 0.719. The van der Waals surface area contributed by atoms with Gasteiger partial charge in [0.2, 0.25) is 15.9 Å². The zero-order valence-corrected chi connectivity index (χ0v) is 17.2. The second kappa shape index (κ2) is 9.75. The number of ether oxygens (including phenoxy) is 1. The maximum absolute atomic E-state index is 13.0. The highest BCUT2D eigenvalue weighted by Crippen LogP contribution is 2.33. The molecule has 1 aromatic rings. The maximum Gasteiger partial charge on any atom is 0.243 e. The van der Waals surface area contributed by atoms with E-state index in [2.05, 4.69) is 5.32 Å². The molecule has 1 heterocycles. The first-order valence-electron chi connectivity index (χ1n) is 8.13. The smallest absolute Gasteiger partial charge is 0.243 e. The second-order valence-electron chi connectivity index (χ2n) is 6.03. The number of carbonyl (C=O) groups is 1. The van der Waals surface area contributed by atoms with Crippen LogP contribution in [0.3, 0.4) is 0 Å². The van der Waals surface area contributed by atoms with Gasteiger partial charge in [0.1, 0.15) is 5.75 Å². The van der Waals surface area contributed by atoms with Crippen molar-refractivity contribution in [1.29, 1.82) is 0 Å². The summed E-state index contributed by atoms with van der Waals surface area (Å²) in [4.78, 5) is 12.3. The normalized spacial score (nSPS) is 18.1. The van der Waals surface area contributed by atoms with Crippen molar-refractivity contribution in [1.82, 2.24) is 9.62 Å². The van der Waals surface area contributed by atoms with Gasteiger partial charge in [0, 0.05) is 26.2 Å². The summed E-state index contributed by atoms with van der Waals surface area (Å²) in [7, 11) is -2.26. The fraction of sp³-hybridized carbons (Fsp3) is 0.562. The van der Waals surface area contributed by atoms with Gasteiger partial charge in [-0.15, -0.1) is 12.4 Å². The largest absolute Gasteiger partial charge is 0.495 e. The van der Waals surface area contributed by atoms with Crippen LogP contribution < -0.4 is 15.8 Å². The van der Waals surface area contributed by atoms with E-state index in [1.807, 2.05) is 0 Å². The van der Waals surface area contributed by atoms with Gasteiger partial charge in [0.05, 0.1) is 22.9 Å². The molecule has 1 aliphatic heterocycles. The zero-order valence-electron chi connectivity index (χ0n) is 14.8. The molecule has 1 fully saturated rings. The van der Waals surface area contributed by atoms with E-state index < -0.39 is 10.0 Å². The number of nitrogens with zero attached hydrogens (tertiary/aromatic N) is 1. The van der Waals surface area contributed by atoms with Gasteiger partial charge in [0.25, 0.3) is 0 Å². The van der Waals surface area contributed by atoms with Crippen molar-refractivity contribution in [2.24, 2.45) is 11.7 Å². The molecule has 7 nitrogen and oxygen atoms in total. The van der Waals surface area contributed by atoms with Crippen LogP contribution in [0.25, 0.3) is 0 Å². The van der Waals surface area contributed by atoms with Crippen molar-refractivity contribution >= 4 is 39.9 Å². The molecule has 26 heavy (non-hydrogen) atoms. The molecule has 1 atom stereocenters. The first-order chi connectivity index (χ1) is 11.8. The molecule has 10 heteroatoms. The minimum Gasteiger partial charge on any atom is -0.495 e. The van der Waals surface area contributed by atoms with E-state index in [-0.39, 0.29) is 40.7 Å². The van der Waals surface area contributed by atoms with Crippen LogP contribution >= 0.6 is 24.0 Å². The number of sulfonamides is 1. The van der Waals surface area contributed by atoms with Gasteiger partial charge in [-0.1, -0.05) is 11.6 Å². The minimum atomic E-state index is -3.74. The molecule has 3 N–H and O–H groups in total. The average molecular weight is 426 g/mol. The van der Waals surface area contributed by atoms with Crippen LogP contribution in [0.15, 0.2) is 17.0 Å². The van der Waals surface area contributed by atoms with E-state index in [0.29, 0.717) is 43.8 Å². The zero-order chi connectivity index (χ0) is 18.6. The highest BCUT2D eigenvalue weighted by Gasteiger charge is 2.34. The second-order valence-corrected chi connectivity index (χ2v) is 8.35. The number of amides is 1. The molecule has 1 aliphatic rings. The van der Waals surface area contributed by atoms with Gasteiger partial charge in [-0.2, -0.15) is 4.31 Å². The van der Waals surface area contributed by atoms with Crippen molar-refractivity contribution in [3.63, 3.8) is 0 Å².